The van der Waals surface area contributed by atoms with E-state index in [-0.39, 0.29) is 18.4 Å². The van der Waals surface area contributed by atoms with E-state index in [1.807, 2.05) is 0 Å². The second-order valence-electron chi connectivity index (χ2n) is 2.67. The summed E-state index contributed by atoms with van der Waals surface area (Å²) < 4.78 is 0. The largest absolute Gasteiger partial charge is 0.324 e. The quantitative estimate of drug-likeness (QED) is 0.554. The minimum absolute atomic E-state index is 0.0544. The van der Waals surface area contributed by atoms with Gasteiger partial charge in [0.15, 0.2) is 5.78 Å². The van der Waals surface area contributed by atoms with Gasteiger partial charge in [-0.1, -0.05) is 6.42 Å². The highest BCUT2D eigenvalue weighted by atomic mass is 16.1. The van der Waals surface area contributed by atoms with Gasteiger partial charge < -0.3 is 11.1 Å². The molecule has 1 fully saturated rings. The number of rotatable bonds is 2. The first-order valence-electron chi connectivity index (χ1n) is 3.81. The fourth-order valence-corrected chi connectivity index (χ4v) is 1.27. The summed E-state index contributed by atoms with van der Waals surface area (Å²) in [5, 5.41) is 3.14. The van der Waals surface area contributed by atoms with Gasteiger partial charge in [0.25, 0.3) is 0 Å². The van der Waals surface area contributed by atoms with Crippen molar-refractivity contribution in [2.75, 3.05) is 13.1 Å². The van der Waals surface area contributed by atoms with Crippen molar-refractivity contribution in [3.63, 3.8) is 0 Å². The Labute approximate surface area is 61.0 Å². The summed E-state index contributed by atoms with van der Waals surface area (Å²) in [4.78, 5) is 11.0. The summed E-state index contributed by atoms with van der Waals surface area (Å²) in [5.74, 6) is 0.153. The van der Waals surface area contributed by atoms with E-state index in [0.29, 0.717) is 0 Å². The van der Waals surface area contributed by atoms with E-state index in [1.54, 1.807) is 0 Å². The van der Waals surface area contributed by atoms with Crippen molar-refractivity contribution >= 4 is 5.78 Å². The van der Waals surface area contributed by atoms with Crippen LogP contribution in [-0.4, -0.2) is 24.9 Å². The van der Waals surface area contributed by atoms with Crippen LogP contribution in [0, 0.1) is 0 Å². The summed E-state index contributed by atoms with van der Waals surface area (Å²) in [6.45, 7) is 1.15. The number of hydrogen-bond acceptors (Lipinski definition) is 3. The predicted octanol–water partition coefficient (Wildman–Crippen LogP) is -0.344. The first-order valence-corrected chi connectivity index (χ1v) is 3.81. The van der Waals surface area contributed by atoms with Gasteiger partial charge in [0, 0.05) is 0 Å². The summed E-state index contributed by atoms with van der Waals surface area (Å²) >= 11 is 0. The van der Waals surface area contributed by atoms with Crippen LogP contribution in [0.4, 0.5) is 0 Å². The third-order valence-electron chi connectivity index (χ3n) is 1.90. The second kappa shape index (κ2) is 3.68. The molecule has 0 saturated carbocycles. The number of ketones is 1. The normalized spacial score (nSPS) is 26.3. The lowest BCUT2D eigenvalue weighted by Crippen LogP contribution is -2.43. The molecule has 1 rings (SSSR count). The molecular formula is C7H14N2O. The van der Waals surface area contributed by atoms with Crippen LogP contribution in [0.1, 0.15) is 19.3 Å². The van der Waals surface area contributed by atoms with Gasteiger partial charge in [0.2, 0.25) is 0 Å². The van der Waals surface area contributed by atoms with Crippen LogP contribution in [-0.2, 0) is 4.79 Å². The van der Waals surface area contributed by atoms with Gasteiger partial charge in [-0.2, -0.15) is 0 Å². The van der Waals surface area contributed by atoms with Crippen LogP contribution < -0.4 is 11.1 Å². The van der Waals surface area contributed by atoms with Crippen LogP contribution in [0.3, 0.4) is 0 Å². The van der Waals surface area contributed by atoms with E-state index in [2.05, 4.69) is 5.32 Å². The Balaban J connectivity index is 2.31. The summed E-state index contributed by atoms with van der Waals surface area (Å²) in [7, 11) is 0. The lowest BCUT2D eigenvalue weighted by Gasteiger charge is -2.21. The first kappa shape index (κ1) is 7.69. The molecule has 3 nitrogen and oxygen atoms in total. The average Bonchev–Trinajstić information content (AvgIpc) is 2.05. The number of piperidine rings is 1. The van der Waals surface area contributed by atoms with Gasteiger partial charge in [-0.05, 0) is 19.4 Å². The number of nitrogens with one attached hydrogen (secondary N) is 1. The standard InChI is InChI=1S/C7H14N2O/c8-5-7(10)6-3-1-2-4-9-6/h6,9H,1-5,8H2. The smallest absolute Gasteiger partial charge is 0.163 e. The van der Waals surface area contributed by atoms with E-state index in [0.717, 1.165) is 19.4 Å². The molecule has 0 aromatic rings. The lowest BCUT2D eigenvalue weighted by molar-refractivity contribution is -0.120. The summed E-state index contributed by atoms with van der Waals surface area (Å²) in [6.07, 6.45) is 3.31. The van der Waals surface area contributed by atoms with Crippen molar-refractivity contribution in [1.82, 2.24) is 5.32 Å². The van der Waals surface area contributed by atoms with Gasteiger partial charge in [0.05, 0.1) is 12.6 Å². The highest BCUT2D eigenvalue weighted by Crippen LogP contribution is 2.06. The molecule has 0 spiro atoms. The maximum absolute atomic E-state index is 11.0. The van der Waals surface area contributed by atoms with Crippen molar-refractivity contribution in [2.24, 2.45) is 5.73 Å². The number of carbonyl (C=O) groups excluding carboxylic acids is 1. The molecular weight excluding hydrogens is 128 g/mol. The van der Waals surface area contributed by atoms with E-state index >= 15 is 0 Å². The Morgan fingerprint density at radius 1 is 1.60 bits per heavy atom. The lowest BCUT2D eigenvalue weighted by atomic mass is 10.0. The molecule has 1 atom stereocenters. The SMILES string of the molecule is NCC(=O)C1CCCCN1. The summed E-state index contributed by atoms with van der Waals surface area (Å²) in [6, 6.07) is 0.0544. The molecule has 3 heteroatoms. The van der Waals surface area contributed by atoms with E-state index in [9.17, 15) is 4.79 Å². The van der Waals surface area contributed by atoms with E-state index in [4.69, 9.17) is 5.73 Å². The third-order valence-corrected chi connectivity index (χ3v) is 1.90. The Hall–Kier alpha value is -0.410. The molecule has 1 aliphatic heterocycles. The maximum atomic E-state index is 11.0. The maximum Gasteiger partial charge on any atom is 0.163 e. The van der Waals surface area contributed by atoms with Crippen LogP contribution >= 0.6 is 0 Å². The highest BCUT2D eigenvalue weighted by molar-refractivity contribution is 5.85. The van der Waals surface area contributed by atoms with Gasteiger partial charge in [0.1, 0.15) is 0 Å². The molecule has 10 heavy (non-hydrogen) atoms. The molecule has 0 amide bonds. The van der Waals surface area contributed by atoms with Gasteiger partial charge in [-0.25, -0.2) is 0 Å². The van der Waals surface area contributed by atoms with Crippen molar-refractivity contribution in [3.8, 4) is 0 Å². The Morgan fingerprint density at radius 3 is 2.90 bits per heavy atom. The van der Waals surface area contributed by atoms with Crippen LogP contribution in [0.2, 0.25) is 0 Å². The van der Waals surface area contributed by atoms with E-state index < -0.39 is 0 Å². The predicted molar refractivity (Wildman–Crippen MR) is 39.7 cm³/mol. The number of nitrogens with two attached hydrogens (primary N) is 1. The molecule has 1 aliphatic rings. The fourth-order valence-electron chi connectivity index (χ4n) is 1.27. The molecule has 3 N–H and O–H groups in total. The zero-order chi connectivity index (χ0) is 7.40. The molecule has 0 bridgehead atoms. The first-order chi connectivity index (χ1) is 4.84. The molecule has 1 heterocycles. The highest BCUT2D eigenvalue weighted by Gasteiger charge is 2.18. The summed E-state index contributed by atoms with van der Waals surface area (Å²) in [5.41, 5.74) is 5.21. The zero-order valence-corrected chi connectivity index (χ0v) is 6.10. The minimum Gasteiger partial charge on any atom is -0.324 e. The molecule has 0 aromatic heterocycles. The molecule has 0 aliphatic carbocycles. The molecule has 1 unspecified atom stereocenters. The zero-order valence-electron chi connectivity index (χ0n) is 6.10. The minimum atomic E-state index is 0.0544. The topological polar surface area (TPSA) is 55.1 Å². The number of Topliss-reactive ketones (excluding diaryl/α,β-unsaturated/α-hetero) is 1. The van der Waals surface area contributed by atoms with Crippen molar-refractivity contribution in [3.05, 3.63) is 0 Å². The van der Waals surface area contributed by atoms with Crippen LogP contribution in [0.15, 0.2) is 0 Å². The molecule has 58 valence electrons. The molecule has 0 radical (unpaired) electrons. The molecule has 1 saturated heterocycles. The Bertz CT molecular complexity index is 119. The monoisotopic (exact) mass is 142 g/mol. The van der Waals surface area contributed by atoms with Crippen molar-refractivity contribution in [1.29, 1.82) is 0 Å². The van der Waals surface area contributed by atoms with E-state index in [1.165, 1.54) is 6.42 Å². The number of carbonyl (C=O) groups is 1. The average molecular weight is 142 g/mol. The Morgan fingerprint density at radius 2 is 2.40 bits per heavy atom. The van der Waals surface area contributed by atoms with Gasteiger partial charge in [-0.3, -0.25) is 4.79 Å². The fraction of sp³-hybridized carbons (Fsp3) is 0.857. The van der Waals surface area contributed by atoms with Crippen molar-refractivity contribution < 1.29 is 4.79 Å². The van der Waals surface area contributed by atoms with Gasteiger partial charge >= 0.3 is 0 Å². The van der Waals surface area contributed by atoms with Gasteiger partial charge in [-0.15, -0.1) is 0 Å². The number of hydrogen-bond donors (Lipinski definition) is 2. The second-order valence-corrected chi connectivity index (χ2v) is 2.67. The Kier molecular flexibility index (Phi) is 2.83. The third kappa shape index (κ3) is 1.78. The van der Waals surface area contributed by atoms with Crippen molar-refractivity contribution in [2.45, 2.75) is 25.3 Å². The van der Waals surface area contributed by atoms with Crippen LogP contribution in [0.25, 0.3) is 0 Å². The molecule has 0 aromatic carbocycles. The van der Waals surface area contributed by atoms with Crippen LogP contribution in [0.5, 0.6) is 0 Å².